The van der Waals surface area contributed by atoms with Gasteiger partial charge in [-0.2, -0.15) is 0 Å². The number of nitrogens with one attached hydrogen (secondary N) is 1. The molecule has 0 atom stereocenters. The van der Waals surface area contributed by atoms with Crippen LogP contribution in [-0.4, -0.2) is 25.2 Å². The quantitative estimate of drug-likeness (QED) is 0.849. The van der Waals surface area contributed by atoms with Crippen molar-refractivity contribution in [2.75, 3.05) is 31.3 Å². The fraction of sp³-hybridized carbons (Fsp3) is 0.357. The highest BCUT2D eigenvalue weighted by atomic mass is 16.5. The number of aromatic nitrogens is 1. The van der Waals surface area contributed by atoms with E-state index in [-0.39, 0.29) is 0 Å². The summed E-state index contributed by atoms with van der Waals surface area (Å²) in [6.45, 7) is 3.59. The average molecular weight is 245 g/mol. The molecule has 0 aliphatic carbocycles. The molecule has 0 aliphatic heterocycles. The van der Waals surface area contributed by atoms with Crippen LogP contribution in [0.25, 0.3) is 10.9 Å². The second kappa shape index (κ2) is 5.69. The van der Waals surface area contributed by atoms with Crippen molar-refractivity contribution in [1.29, 1.82) is 0 Å². The maximum Gasteiger partial charge on any atom is 0.0757 e. The van der Waals surface area contributed by atoms with Crippen molar-refractivity contribution in [3.63, 3.8) is 0 Å². The van der Waals surface area contributed by atoms with Crippen LogP contribution in [0.5, 0.6) is 0 Å². The molecule has 2 aromatic rings. The highest BCUT2D eigenvalue weighted by molar-refractivity contribution is 5.98. The van der Waals surface area contributed by atoms with Crippen LogP contribution >= 0.6 is 0 Å². The van der Waals surface area contributed by atoms with Crippen LogP contribution < -0.4 is 11.1 Å². The van der Waals surface area contributed by atoms with E-state index in [1.165, 1.54) is 5.56 Å². The van der Waals surface area contributed by atoms with Gasteiger partial charge in [-0.1, -0.05) is 18.2 Å². The lowest BCUT2D eigenvalue weighted by Crippen LogP contribution is -2.04. The van der Waals surface area contributed by atoms with Gasteiger partial charge in [0.05, 0.1) is 29.7 Å². The lowest BCUT2D eigenvalue weighted by Gasteiger charge is -2.12. The summed E-state index contributed by atoms with van der Waals surface area (Å²) in [5.74, 6) is 0. The van der Waals surface area contributed by atoms with Crippen molar-refractivity contribution >= 4 is 22.3 Å². The van der Waals surface area contributed by atoms with Gasteiger partial charge in [0.15, 0.2) is 0 Å². The lowest BCUT2D eigenvalue weighted by molar-refractivity contribution is 0.202. The third kappa shape index (κ3) is 2.38. The summed E-state index contributed by atoms with van der Waals surface area (Å²) < 4.78 is 5.13. The van der Waals surface area contributed by atoms with Gasteiger partial charge in [-0.15, -0.1) is 0 Å². The molecule has 0 aliphatic rings. The molecule has 0 amide bonds. The smallest absolute Gasteiger partial charge is 0.0757 e. The largest absolute Gasteiger partial charge is 0.396 e. The minimum absolute atomic E-state index is 0.688. The number of methoxy groups -OCH3 is 1. The summed E-state index contributed by atoms with van der Waals surface area (Å²) in [5, 5.41) is 4.38. The highest BCUT2D eigenvalue weighted by Gasteiger charge is 2.08. The Kier molecular flexibility index (Phi) is 3.99. The van der Waals surface area contributed by atoms with Gasteiger partial charge >= 0.3 is 0 Å². The first kappa shape index (κ1) is 12.6. The molecule has 0 spiro atoms. The van der Waals surface area contributed by atoms with E-state index >= 15 is 0 Å². The summed E-state index contributed by atoms with van der Waals surface area (Å²) in [4.78, 5) is 4.46. The average Bonchev–Trinajstić information content (AvgIpc) is 2.39. The number of nitrogens with two attached hydrogens (primary N) is 1. The zero-order valence-corrected chi connectivity index (χ0v) is 10.9. The number of hydrogen-bond donors (Lipinski definition) is 2. The zero-order valence-electron chi connectivity index (χ0n) is 10.9. The third-order valence-electron chi connectivity index (χ3n) is 2.94. The van der Waals surface area contributed by atoms with Gasteiger partial charge in [-0.05, 0) is 18.9 Å². The fourth-order valence-corrected chi connectivity index (χ4v) is 2.09. The predicted octanol–water partition coefficient (Wildman–Crippen LogP) is 2.44. The van der Waals surface area contributed by atoms with Crippen molar-refractivity contribution in [2.45, 2.75) is 13.3 Å². The van der Waals surface area contributed by atoms with Crippen molar-refractivity contribution in [2.24, 2.45) is 0 Å². The Morgan fingerprint density at radius 3 is 2.94 bits per heavy atom. The normalized spacial score (nSPS) is 10.8. The molecular weight excluding hydrogens is 226 g/mol. The van der Waals surface area contributed by atoms with E-state index in [1.807, 2.05) is 12.1 Å². The van der Waals surface area contributed by atoms with Gasteiger partial charge in [0.1, 0.15) is 0 Å². The number of nitrogens with zero attached hydrogens (tertiary/aromatic N) is 1. The number of para-hydroxylation sites is 1. The number of ether oxygens (including phenoxy) is 1. The Morgan fingerprint density at radius 1 is 1.39 bits per heavy atom. The molecule has 0 saturated carbocycles. The monoisotopic (exact) mass is 245 g/mol. The van der Waals surface area contributed by atoms with E-state index in [0.29, 0.717) is 12.3 Å². The standard InChI is InChI=1S/C14H19N3O/c1-3-16-14-11-6-4-5-10(7-8-18-2)13(11)17-9-12(14)15/h4-6,9H,3,7-8,15H2,1-2H3,(H,16,17). The van der Waals surface area contributed by atoms with Gasteiger partial charge in [-0.3, -0.25) is 4.98 Å². The summed E-state index contributed by atoms with van der Waals surface area (Å²) in [5.41, 5.74) is 9.82. The third-order valence-corrected chi connectivity index (χ3v) is 2.94. The molecule has 0 saturated heterocycles. The summed E-state index contributed by atoms with van der Waals surface area (Å²) in [6.07, 6.45) is 2.58. The molecule has 18 heavy (non-hydrogen) atoms. The molecule has 2 rings (SSSR count). The zero-order chi connectivity index (χ0) is 13.0. The Hall–Kier alpha value is -1.81. The van der Waals surface area contributed by atoms with Gasteiger partial charge in [-0.25, -0.2) is 0 Å². The molecule has 4 heteroatoms. The number of benzene rings is 1. The number of pyridine rings is 1. The topological polar surface area (TPSA) is 60.2 Å². The maximum atomic E-state index is 5.97. The van der Waals surface area contributed by atoms with Crippen molar-refractivity contribution in [3.8, 4) is 0 Å². The van der Waals surface area contributed by atoms with Crippen LogP contribution in [-0.2, 0) is 11.2 Å². The Labute approximate surface area is 107 Å². The molecule has 1 aromatic carbocycles. The fourth-order valence-electron chi connectivity index (χ4n) is 2.09. The number of fused-ring (bicyclic) bond motifs is 1. The molecule has 1 aromatic heterocycles. The Bertz CT molecular complexity index is 540. The lowest BCUT2D eigenvalue weighted by atomic mass is 10.1. The van der Waals surface area contributed by atoms with Crippen LogP contribution in [0.1, 0.15) is 12.5 Å². The minimum Gasteiger partial charge on any atom is -0.396 e. The Morgan fingerprint density at radius 2 is 2.22 bits per heavy atom. The summed E-state index contributed by atoms with van der Waals surface area (Å²) >= 11 is 0. The maximum absolute atomic E-state index is 5.97. The first-order valence-corrected chi connectivity index (χ1v) is 6.16. The van der Waals surface area contributed by atoms with E-state index in [1.54, 1.807) is 13.3 Å². The van der Waals surface area contributed by atoms with Crippen LogP contribution in [0.4, 0.5) is 11.4 Å². The van der Waals surface area contributed by atoms with E-state index in [0.717, 1.165) is 29.6 Å². The van der Waals surface area contributed by atoms with E-state index in [4.69, 9.17) is 10.5 Å². The van der Waals surface area contributed by atoms with E-state index in [9.17, 15) is 0 Å². The van der Waals surface area contributed by atoms with Crippen LogP contribution in [0.2, 0.25) is 0 Å². The van der Waals surface area contributed by atoms with Gasteiger partial charge in [0.25, 0.3) is 0 Å². The molecule has 3 N–H and O–H groups in total. The predicted molar refractivity (Wildman–Crippen MR) is 75.9 cm³/mol. The second-order valence-electron chi connectivity index (χ2n) is 4.17. The number of nitrogen functional groups attached to an aromatic ring is 1. The SMILES string of the molecule is CCNc1c(N)cnc2c(CCOC)cccc12. The number of rotatable bonds is 5. The van der Waals surface area contributed by atoms with Crippen molar-refractivity contribution < 1.29 is 4.74 Å². The van der Waals surface area contributed by atoms with E-state index in [2.05, 4.69) is 23.3 Å². The van der Waals surface area contributed by atoms with Crippen LogP contribution in [0.3, 0.4) is 0 Å². The van der Waals surface area contributed by atoms with Crippen molar-refractivity contribution in [1.82, 2.24) is 4.98 Å². The highest BCUT2D eigenvalue weighted by Crippen LogP contribution is 2.29. The molecule has 0 fully saturated rings. The summed E-state index contributed by atoms with van der Waals surface area (Å²) in [7, 11) is 1.71. The second-order valence-corrected chi connectivity index (χ2v) is 4.17. The number of hydrogen-bond acceptors (Lipinski definition) is 4. The van der Waals surface area contributed by atoms with Crippen LogP contribution in [0.15, 0.2) is 24.4 Å². The van der Waals surface area contributed by atoms with E-state index < -0.39 is 0 Å². The molecule has 4 nitrogen and oxygen atoms in total. The molecule has 0 unspecified atom stereocenters. The molecule has 0 bridgehead atoms. The number of anilines is 2. The van der Waals surface area contributed by atoms with Gasteiger partial charge < -0.3 is 15.8 Å². The minimum atomic E-state index is 0.688. The molecule has 0 radical (unpaired) electrons. The molecular formula is C14H19N3O. The molecule has 96 valence electrons. The molecule has 1 heterocycles. The first-order chi connectivity index (χ1) is 8.77. The van der Waals surface area contributed by atoms with Crippen molar-refractivity contribution in [3.05, 3.63) is 30.0 Å². The summed E-state index contributed by atoms with van der Waals surface area (Å²) in [6, 6.07) is 6.17. The van der Waals surface area contributed by atoms with Crippen LogP contribution in [0, 0.1) is 0 Å². The van der Waals surface area contributed by atoms with Gasteiger partial charge in [0, 0.05) is 19.0 Å². The Balaban J connectivity index is 2.53. The first-order valence-electron chi connectivity index (χ1n) is 6.16. The van der Waals surface area contributed by atoms with Gasteiger partial charge in [0.2, 0.25) is 0 Å².